The number of alkyl halides is 3. The minimum Gasteiger partial charge on any atom is -0.337 e. The highest BCUT2D eigenvalue weighted by atomic mass is 19.4. The Kier molecular flexibility index (Phi) is 4.66. The maximum Gasteiger partial charge on any atom is 0.416 e. The molecule has 9 nitrogen and oxygen atoms in total. The van der Waals surface area contributed by atoms with Crippen molar-refractivity contribution >= 4 is 5.69 Å². The Labute approximate surface area is 153 Å². The van der Waals surface area contributed by atoms with E-state index < -0.39 is 33.5 Å². The molecule has 0 saturated heterocycles. The van der Waals surface area contributed by atoms with Crippen molar-refractivity contribution in [2.24, 2.45) is 0 Å². The summed E-state index contributed by atoms with van der Waals surface area (Å²) in [5, 5.41) is 23.5. The molecule has 2 heterocycles. The highest BCUT2D eigenvalue weighted by molar-refractivity contribution is 5.54. The first-order valence-electron chi connectivity index (χ1n) is 7.48. The zero-order chi connectivity index (χ0) is 20.5. The smallest absolute Gasteiger partial charge is 0.337 e. The van der Waals surface area contributed by atoms with Crippen molar-refractivity contribution in [1.82, 2.24) is 14.7 Å². The maximum absolute atomic E-state index is 12.6. The van der Waals surface area contributed by atoms with Crippen molar-refractivity contribution in [3.63, 3.8) is 0 Å². The molecule has 12 heteroatoms. The van der Waals surface area contributed by atoms with Crippen LogP contribution in [-0.2, 0) is 12.7 Å². The molecule has 1 aromatic carbocycles. The molecule has 0 fully saturated rings. The molecule has 0 spiro atoms. The number of pyridine rings is 1. The SMILES string of the molecule is N#Cc1cc([N+](=O)[O-])cn(Cc2nc(-c3ccc(C(F)(F)F)cc3)no2)c1=O. The molecule has 0 N–H and O–H groups in total. The molecule has 3 rings (SSSR count). The molecule has 0 amide bonds. The lowest BCUT2D eigenvalue weighted by molar-refractivity contribution is -0.385. The topological polar surface area (TPSA) is 128 Å². The van der Waals surface area contributed by atoms with E-state index in [1.165, 1.54) is 0 Å². The summed E-state index contributed by atoms with van der Waals surface area (Å²) in [6.07, 6.45) is -3.56. The number of halogens is 3. The summed E-state index contributed by atoms with van der Waals surface area (Å²) < 4.78 is 43.6. The monoisotopic (exact) mass is 391 g/mol. The van der Waals surface area contributed by atoms with Crippen LogP contribution in [-0.4, -0.2) is 19.6 Å². The minimum absolute atomic E-state index is 0.0253. The van der Waals surface area contributed by atoms with Crippen LogP contribution >= 0.6 is 0 Å². The van der Waals surface area contributed by atoms with Gasteiger partial charge < -0.3 is 4.52 Å². The fourth-order valence-corrected chi connectivity index (χ4v) is 2.31. The fraction of sp³-hybridized carbons (Fsp3) is 0.125. The van der Waals surface area contributed by atoms with Crippen molar-refractivity contribution in [3.8, 4) is 17.5 Å². The lowest BCUT2D eigenvalue weighted by Crippen LogP contribution is -2.23. The summed E-state index contributed by atoms with van der Waals surface area (Å²) in [6.45, 7) is -0.358. The Hall–Kier alpha value is -4.01. The predicted octanol–water partition coefficient (Wildman–Crippen LogP) is 2.75. The quantitative estimate of drug-likeness (QED) is 0.494. The van der Waals surface area contributed by atoms with Crippen LogP contribution in [0.2, 0.25) is 0 Å². The molecule has 3 aromatic rings. The number of nitro groups is 1. The number of aromatic nitrogens is 3. The van der Waals surface area contributed by atoms with Gasteiger partial charge in [0.2, 0.25) is 11.7 Å². The van der Waals surface area contributed by atoms with E-state index in [1.807, 2.05) is 0 Å². The fourth-order valence-electron chi connectivity index (χ4n) is 2.31. The first-order chi connectivity index (χ1) is 13.2. The lowest BCUT2D eigenvalue weighted by atomic mass is 10.1. The number of hydrogen-bond acceptors (Lipinski definition) is 7. The van der Waals surface area contributed by atoms with Crippen LogP contribution in [0.25, 0.3) is 11.4 Å². The molecule has 2 aromatic heterocycles. The van der Waals surface area contributed by atoms with E-state index >= 15 is 0 Å². The molecule has 0 aliphatic heterocycles. The average molecular weight is 391 g/mol. The summed E-state index contributed by atoms with van der Waals surface area (Å²) in [6, 6.07) is 6.44. The Morgan fingerprint density at radius 2 is 1.96 bits per heavy atom. The average Bonchev–Trinajstić information content (AvgIpc) is 3.11. The summed E-state index contributed by atoms with van der Waals surface area (Å²) in [5.41, 5.74) is -2.29. The van der Waals surface area contributed by atoms with Crippen LogP contribution in [0.15, 0.2) is 45.8 Å². The van der Waals surface area contributed by atoms with Crippen LogP contribution in [0.5, 0.6) is 0 Å². The molecule has 0 aliphatic carbocycles. The van der Waals surface area contributed by atoms with E-state index in [0.717, 1.165) is 41.1 Å². The summed E-state index contributed by atoms with van der Waals surface area (Å²) in [5.74, 6) is -0.149. The van der Waals surface area contributed by atoms with Crippen LogP contribution < -0.4 is 5.56 Å². The third-order valence-electron chi connectivity index (χ3n) is 3.65. The van der Waals surface area contributed by atoms with Gasteiger partial charge in [0.15, 0.2) is 0 Å². The van der Waals surface area contributed by atoms with Gasteiger partial charge in [0.05, 0.1) is 16.7 Å². The van der Waals surface area contributed by atoms with Gasteiger partial charge in [-0.2, -0.15) is 23.4 Å². The molecule has 0 radical (unpaired) electrons. The molecule has 0 atom stereocenters. The van der Waals surface area contributed by atoms with Crippen molar-refractivity contribution in [2.45, 2.75) is 12.7 Å². The van der Waals surface area contributed by atoms with Gasteiger partial charge in [-0.3, -0.25) is 19.5 Å². The Balaban J connectivity index is 1.90. The molecular weight excluding hydrogens is 383 g/mol. The largest absolute Gasteiger partial charge is 0.416 e. The van der Waals surface area contributed by atoms with Crippen LogP contribution in [0.4, 0.5) is 18.9 Å². The third kappa shape index (κ3) is 3.73. The van der Waals surface area contributed by atoms with E-state index in [0.29, 0.717) is 0 Å². The Bertz CT molecular complexity index is 1140. The van der Waals surface area contributed by atoms with Crippen LogP contribution in [0.3, 0.4) is 0 Å². The van der Waals surface area contributed by atoms with E-state index in [4.69, 9.17) is 9.78 Å². The zero-order valence-electron chi connectivity index (χ0n) is 13.7. The van der Waals surface area contributed by atoms with Gasteiger partial charge in [-0.05, 0) is 12.1 Å². The minimum atomic E-state index is -4.48. The van der Waals surface area contributed by atoms with E-state index in [1.54, 1.807) is 6.07 Å². The number of benzene rings is 1. The number of nitriles is 1. The van der Waals surface area contributed by atoms with Crippen molar-refractivity contribution in [3.05, 3.63) is 74.0 Å². The standard InChI is InChI=1S/C16H8F3N5O4/c17-16(18,19)11-3-1-9(2-4-11)14-21-13(28-22-14)8-23-7-12(24(26)27)5-10(6-20)15(23)25/h1-5,7H,8H2. The van der Waals surface area contributed by atoms with E-state index in [2.05, 4.69) is 10.1 Å². The van der Waals surface area contributed by atoms with E-state index in [9.17, 15) is 28.1 Å². The Morgan fingerprint density at radius 3 is 2.54 bits per heavy atom. The molecule has 0 saturated carbocycles. The van der Waals surface area contributed by atoms with E-state index in [-0.39, 0.29) is 23.8 Å². The molecule has 0 aliphatic rings. The van der Waals surface area contributed by atoms with Gasteiger partial charge in [-0.15, -0.1) is 0 Å². The number of hydrogen-bond donors (Lipinski definition) is 0. The highest BCUT2D eigenvalue weighted by Gasteiger charge is 2.30. The normalized spacial score (nSPS) is 11.2. The van der Waals surface area contributed by atoms with Crippen molar-refractivity contribution in [2.75, 3.05) is 0 Å². The zero-order valence-corrected chi connectivity index (χ0v) is 13.7. The maximum atomic E-state index is 12.6. The lowest BCUT2D eigenvalue weighted by Gasteiger charge is -2.05. The molecule has 0 bridgehead atoms. The van der Waals surface area contributed by atoms with Gasteiger partial charge >= 0.3 is 6.18 Å². The van der Waals surface area contributed by atoms with Gasteiger partial charge in [-0.1, -0.05) is 17.3 Å². The van der Waals surface area contributed by atoms with Crippen molar-refractivity contribution < 1.29 is 22.6 Å². The third-order valence-corrected chi connectivity index (χ3v) is 3.65. The van der Waals surface area contributed by atoms with Gasteiger partial charge in [-0.25, -0.2) is 0 Å². The second kappa shape index (κ2) is 6.95. The summed E-state index contributed by atoms with van der Waals surface area (Å²) in [4.78, 5) is 26.2. The van der Waals surface area contributed by atoms with Crippen LogP contribution in [0.1, 0.15) is 17.0 Å². The number of nitrogens with zero attached hydrogens (tertiary/aromatic N) is 5. The summed E-state index contributed by atoms with van der Waals surface area (Å²) in [7, 11) is 0. The Morgan fingerprint density at radius 1 is 1.29 bits per heavy atom. The van der Waals surface area contributed by atoms with Gasteiger partial charge in [0.1, 0.15) is 18.2 Å². The molecule has 28 heavy (non-hydrogen) atoms. The second-order valence-electron chi connectivity index (χ2n) is 5.50. The number of rotatable bonds is 4. The van der Waals surface area contributed by atoms with Crippen LogP contribution in [0, 0.1) is 21.4 Å². The first kappa shape index (κ1) is 18.8. The van der Waals surface area contributed by atoms with Gasteiger partial charge in [0.25, 0.3) is 11.2 Å². The highest BCUT2D eigenvalue weighted by Crippen LogP contribution is 2.30. The molecule has 0 unspecified atom stereocenters. The van der Waals surface area contributed by atoms with Crippen molar-refractivity contribution in [1.29, 1.82) is 5.26 Å². The molecule has 142 valence electrons. The summed E-state index contributed by atoms with van der Waals surface area (Å²) >= 11 is 0. The van der Waals surface area contributed by atoms with Gasteiger partial charge in [0, 0.05) is 11.6 Å². The first-order valence-corrected chi connectivity index (χ1v) is 7.48. The second-order valence-corrected chi connectivity index (χ2v) is 5.50. The predicted molar refractivity (Wildman–Crippen MR) is 85.9 cm³/mol. The molecular formula is C16H8F3N5O4.